The van der Waals surface area contributed by atoms with Crippen LogP contribution in [0.25, 0.3) is 6.08 Å². The molecule has 186 valence electrons. The Labute approximate surface area is 214 Å². The molecule has 6 nitrogen and oxygen atoms in total. The van der Waals surface area contributed by atoms with Crippen LogP contribution < -0.4 is 9.47 Å². The Morgan fingerprint density at radius 1 is 0.973 bits per heavy atom. The van der Waals surface area contributed by atoms with Gasteiger partial charge in [0.25, 0.3) is 11.8 Å². The predicted octanol–water partition coefficient (Wildman–Crippen LogP) is 5.25. The summed E-state index contributed by atoms with van der Waals surface area (Å²) in [6, 6.07) is 22.9. The Bertz CT molecular complexity index is 1440. The summed E-state index contributed by atoms with van der Waals surface area (Å²) in [5, 5.41) is 9.64. The molecule has 0 saturated heterocycles. The van der Waals surface area contributed by atoms with E-state index in [1.165, 1.54) is 13.2 Å². The minimum absolute atomic E-state index is 0.0216. The van der Waals surface area contributed by atoms with Crippen LogP contribution in [0.15, 0.2) is 89.5 Å². The lowest BCUT2D eigenvalue weighted by atomic mass is 9.93. The van der Waals surface area contributed by atoms with Gasteiger partial charge in [0.1, 0.15) is 24.1 Å². The third-order valence-electron chi connectivity index (χ3n) is 6.13. The number of rotatable bonds is 8. The van der Waals surface area contributed by atoms with E-state index in [-0.39, 0.29) is 30.1 Å². The van der Waals surface area contributed by atoms with Crippen molar-refractivity contribution < 1.29 is 23.5 Å². The Morgan fingerprint density at radius 3 is 2.41 bits per heavy atom. The molecule has 0 aromatic heterocycles. The van der Waals surface area contributed by atoms with Crippen molar-refractivity contribution in [1.29, 1.82) is 5.26 Å². The first-order valence-corrected chi connectivity index (χ1v) is 11.7. The van der Waals surface area contributed by atoms with Gasteiger partial charge < -0.3 is 9.47 Å². The zero-order valence-corrected chi connectivity index (χ0v) is 20.5. The highest BCUT2D eigenvalue weighted by Gasteiger charge is 2.35. The van der Waals surface area contributed by atoms with Crippen LogP contribution in [-0.2, 0) is 22.6 Å². The van der Waals surface area contributed by atoms with Gasteiger partial charge >= 0.3 is 0 Å². The van der Waals surface area contributed by atoms with Crippen LogP contribution in [-0.4, -0.2) is 30.4 Å². The smallest absolute Gasteiger partial charge is 0.271 e. The van der Waals surface area contributed by atoms with Crippen molar-refractivity contribution in [3.63, 3.8) is 0 Å². The summed E-state index contributed by atoms with van der Waals surface area (Å²) in [4.78, 5) is 27.4. The van der Waals surface area contributed by atoms with Crippen molar-refractivity contribution in [3.05, 3.63) is 112 Å². The van der Waals surface area contributed by atoms with Gasteiger partial charge in [0, 0.05) is 17.7 Å². The number of halogens is 1. The molecule has 0 saturated carbocycles. The van der Waals surface area contributed by atoms with Crippen LogP contribution in [0.4, 0.5) is 4.39 Å². The monoisotopic (exact) mass is 496 g/mol. The van der Waals surface area contributed by atoms with E-state index in [1.54, 1.807) is 49.4 Å². The average Bonchev–Trinajstić information content (AvgIpc) is 2.91. The second kappa shape index (κ2) is 11.4. The molecule has 3 aromatic carbocycles. The van der Waals surface area contributed by atoms with Crippen LogP contribution in [0, 0.1) is 17.1 Å². The molecule has 1 heterocycles. The Hall–Kier alpha value is -4.70. The highest BCUT2D eigenvalue weighted by molar-refractivity contribution is 6.19. The minimum atomic E-state index is -0.590. The number of carbonyl (C=O) groups is 2. The van der Waals surface area contributed by atoms with E-state index in [0.717, 1.165) is 10.5 Å². The molecule has 1 aliphatic heterocycles. The summed E-state index contributed by atoms with van der Waals surface area (Å²) < 4.78 is 25.2. The Kier molecular flexibility index (Phi) is 7.80. The lowest BCUT2D eigenvalue weighted by Gasteiger charge is -2.27. The second-order valence-corrected chi connectivity index (χ2v) is 8.46. The maximum Gasteiger partial charge on any atom is 0.271 e. The molecule has 37 heavy (non-hydrogen) atoms. The first-order valence-electron chi connectivity index (χ1n) is 11.7. The van der Waals surface area contributed by atoms with Gasteiger partial charge in [-0.3, -0.25) is 14.5 Å². The highest BCUT2D eigenvalue weighted by atomic mass is 19.1. The molecular weight excluding hydrogens is 471 g/mol. The van der Waals surface area contributed by atoms with Crippen LogP contribution in [0.5, 0.6) is 11.5 Å². The first kappa shape index (κ1) is 25.4. The quantitative estimate of drug-likeness (QED) is 0.314. The largest absolute Gasteiger partial charge is 0.493 e. The molecule has 0 spiro atoms. The molecule has 0 fully saturated rings. The van der Waals surface area contributed by atoms with Gasteiger partial charge in [0.15, 0.2) is 11.5 Å². The third-order valence-corrected chi connectivity index (χ3v) is 6.13. The fraction of sp³-hybridized carbons (Fsp3) is 0.167. The molecule has 0 atom stereocenters. The summed E-state index contributed by atoms with van der Waals surface area (Å²) in [6.45, 7) is 1.77. The molecule has 0 unspecified atom stereocenters. The number of imide groups is 1. The van der Waals surface area contributed by atoms with E-state index >= 15 is 0 Å². The van der Waals surface area contributed by atoms with Crippen LogP contribution in [0.2, 0.25) is 0 Å². The Morgan fingerprint density at radius 2 is 1.70 bits per heavy atom. The molecular formula is C30H25FN2O4. The number of amides is 2. The van der Waals surface area contributed by atoms with Gasteiger partial charge in [-0.2, -0.15) is 5.26 Å². The van der Waals surface area contributed by atoms with Crippen LogP contribution in [0.1, 0.15) is 23.6 Å². The van der Waals surface area contributed by atoms with E-state index < -0.39 is 11.8 Å². The van der Waals surface area contributed by atoms with Crippen molar-refractivity contribution in [2.75, 3.05) is 13.7 Å². The standard InChI is InChI=1S/C30H25FN2O4/c1-20-24(29(34)33(30(35)25(20)18-32)15-14-21-8-4-3-5-9-21)16-22-12-13-27(28(17-22)36-2)37-19-23-10-6-7-11-26(23)31/h3-13,16-17H,14-15,19H2,1-2H3/b24-16+. The third kappa shape index (κ3) is 5.60. The number of ether oxygens (including phenoxy) is 2. The van der Waals surface area contributed by atoms with Crippen molar-refractivity contribution in [2.24, 2.45) is 0 Å². The molecule has 3 aromatic rings. The average molecular weight is 497 g/mol. The zero-order valence-electron chi connectivity index (χ0n) is 20.5. The van der Waals surface area contributed by atoms with Gasteiger partial charge in [-0.25, -0.2) is 4.39 Å². The second-order valence-electron chi connectivity index (χ2n) is 8.46. The van der Waals surface area contributed by atoms with Crippen molar-refractivity contribution >= 4 is 17.9 Å². The number of methoxy groups -OCH3 is 1. The minimum Gasteiger partial charge on any atom is -0.493 e. The van der Waals surface area contributed by atoms with Crippen molar-refractivity contribution in [1.82, 2.24) is 4.90 Å². The molecule has 0 N–H and O–H groups in total. The van der Waals surface area contributed by atoms with E-state index in [4.69, 9.17) is 9.47 Å². The number of benzene rings is 3. The first-order chi connectivity index (χ1) is 17.9. The van der Waals surface area contributed by atoms with Gasteiger partial charge in [0.2, 0.25) is 0 Å². The molecule has 0 aliphatic carbocycles. The van der Waals surface area contributed by atoms with Gasteiger partial charge in [-0.05, 0) is 54.3 Å². The van der Waals surface area contributed by atoms with E-state index in [2.05, 4.69) is 0 Å². The fourth-order valence-electron chi connectivity index (χ4n) is 4.05. The summed E-state index contributed by atoms with van der Waals surface area (Å²) in [7, 11) is 1.48. The number of carbonyl (C=O) groups excluding carboxylic acids is 2. The maximum absolute atomic E-state index is 13.9. The maximum atomic E-state index is 13.9. The molecule has 0 radical (unpaired) electrons. The molecule has 4 rings (SSSR count). The Balaban J connectivity index is 1.60. The predicted molar refractivity (Wildman–Crippen MR) is 137 cm³/mol. The van der Waals surface area contributed by atoms with E-state index in [9.17, 15) is 19.2 Å². The summed E-state index contributed by atoms with van der Waals surface area (Å²) in [5.74, 6) is -0.606. The number of hydrogen-bond acceptors (Lipinski definition) is 5. The molecule has 0 bridgehead atoms. The van der Waals surface area contributed by atoms with Gasteiger partial charge in [-0.1, -0.05) is 54.6 Å². The zero-order chi connectivity index (χ0) is 26.4. The summed E-state index contributed by atoms with van der Waals surface area (Å²) >= 11 is 0. The number of nitriles is 1. The van der Waals surface area contributed by atoms with Crippen LogP contribution in [0.3, 0.4) is 0 Å². The number of hydrogen-bond donors (Lipinski definition) is 0. The summed E-state index contributed by atoms with van der Waals surface area (Å²) in [5.41, 5.74) is 2.53. The van der Waals surface area contributed by atoms with E-state index in [0.29, 0.717) is 34.6 Å². The molecule has 1 aliphatic rings. The lowest BCUT2D eigenvalue weighted by molar-refractivity contribution is -0.140. The highest BCUT2D eigenvalue weighted by Crippen LogP contribution is 2.32. The number of nitrogens with zero attached hydrogens (tertiary/aromatic N) is 2. The molecule has 2 amide bonds. The molecule has 7 heteroatoms. The topological polar surface area (TPSA) is 79.6 Å². The fourth-order valence-corrected chi connectivity index (χ4v) is 4.05. The lowest BCUT2D eigenvalue weighted by Crippen LogP contribution is -2.43. The van der Waals surface area contributed by atoms with Gasteiger partial charge in [0.05, 0.1) is 7.11 Å². The van der Waals surface area contributed by atoms with Crippen LogP contribution >= 0.6 is 0 Å². The van der Waals surface area contributed by atoms with Crippen molar-refractivity contribution in [2.45, 2.75) is 20.0 Å². The van der Waals surface area contributed by atoms with Gasteiger partial charge in [-0.15, -0.1) is 0 Å². The summed E-state index contributed by atoms with van der Waals surface area (Å²) in [6.07, 6.45) is 2.10. The normalized spacial score (nSPS) is 14.6. The van der Waals surface area contributed by atoms with Crippen molar-refractivity contribution in [3.8, 4) is 17.6 Å². The van der Waals surface area contributed by atoms with E-state index in [1.807, 2.05) is 36.4 Å². The SMILES string of the molecule is COc1cc(/C=C2/C(=O)N(CCc3ccccc3)C(=O)C(C#N)=C2C)ccc1OCc1ccccc1F.